The van der Waals surface area contributed by atoms with Gasteiger partial charge in [0.05, 0.1) is 11.7 Å². The quantitative estimate of drug-likeness (QED) is 0.827. The molecule has 0 aliphatic carbocycles. The lowest BCUT2D eigenvalue weighted by Crippen LogP contribution is -2.28. The summed E-state index contributed by atoms with van der Waals surface area (Å²) in [6.45, 7) is 4.01. The molecule has 1 aromatic heterocycles. The Balaban J connectivity index is 2.12. The lowest BCUT2D eigenvalue weighted by Gasteiger charge is -2.13. The number of nitrogens with zero attached hydrogens (tertiary/aromatic N) is 2. The third-order valence-electron chi connectivity index (χ3n) is 3.56. The number of hydrogen-bond donors (Lipinski definition) is 1. The van der Waals surface area contributed by atoms with Crippen LogP contribution in [0.15, 0.2) is 30.5 Å². The molecule has 0 aliphatic rings. The smallest absolute Gasteiger partial charge is 0.220 e. The topological polar surface area (TPSA) is 46.9 Å². The van der Waals surface area contributed by atoms with E-state index in [9.17, 15) is 4.79 Å². The summed E-state index contributed by atoms with van der Waals surface area (Å²) in [6, 6.07) is 8.13. The molecule has 4 nitrogen and oxygen atoms in total. The molecule has 1 aromatic carbocycles. The second-order valence-electron chi connectivity index (χ2n) is 5.54. The molecule has 1 N–H and O–H groups in total. The zero-order valence-corrected chi connectivity index (χ0v) is 14.0. The van der Waals surface area contributed by atoms with Gasteiger partial charge in [-0.3, -0.25) is 4.79 Å². The van der Waals surface area contributed by atoms with E-state index in [1.54, 1.807) is 0 Å². The van der Waals surface area contributed by atoms with Crippen LogP contribution in [0.4, 0.5) is 0 Å². The van der Waals surface area contributed by atoms with Crippen LogP contribution < -0.4 is 5.32 Å². The summed E-state index contributed by atoms with van der Waals surface area (Å²) in [5.74, 6) is 1.35. The van der Waals surface area contributed by atoms with Crippen molar-refractivity contribution in [1.82, 2.24) is 14.9 Å². The van der Waals surface area contributed by atoms with Gasteiger partial charge in [0.15, 0.2) is 0 Å². The second kappa shape index (κ2) is 7.45. The van der Waals surface area contributed by atoms with Crippen molar-refractivity contribution in [2.24, 2.45) is 7.05 Å². The molecular weight excluding hydrogens is 298 g/mol. The van der Waals surface area contributed by atoms with Gasteiger partial charge in [-0.15, -0.1) is 11.6 Å². The van der Waals surface area contributed by atoms with E-state index in [1.807, 2.05) is 24.7 Å². The molecule has 2 aromatic rings. The fourth-order valence-electron chi connectivity index (χ4n) is 2.35. The molecule has 5 heteroatoms. The number of nitrogens with one attached hydrogen (secondary N) is 1. The largest absolute Gasteiger partial charge is 0.346 e. The van der Waals surface area contributed by atoms with Crippen molar-refractivity contribution in [1.29, 1.82) is 0 Å². The number of carbonyl (C=O) groups excluding carboxylic acids is 1. The van der Waals surface area contributed by atoms with E-state index >= 15 is 0 Å². The average Bonchev–Trinajstić information content (AvgIpc) is 2.88. The molecule has 0 saturated heterocycles. The van der Waals surface area contributed by atoms with Crippen molar-refractivity contribution < 1.29 is 4.79 Å². The van der Waals surface area contributed by atoms with E-state index < -0.39 is 0 Å². The lowest BCUT2D eigenvalue weighted by atomic mass is 10.1. The molecule has 0 bridgehead atoms. The summed E-state index contributed by atoms with van der Waals surface area (Å²) in [5, 5.41) is 2.96. The van der Waals surface area contributed by atoms with Crippen molar-refractivity contribution in [3.05, 3.63) is 41.9 Å². The Kier molecular flexibility index (Phi) is 5.61. The Morgan fingerprint density at radius 2 is 2.05 bits per heavy atom. The van der Waals surface area contributed by atoms with Crippen LogP contribution in [-0.4, -0.2) is 21.3 Å². The van der Waals surface area contributed by atoms with Crippen LogP contribution in [0.25, 0.3) is 11.3 Å². The summed E-state index contributed by atoms with van der Waals surface area (Å²) >= 11 is 5.61. The maximum atomic E-state index is 11.8. The van der Waals surface area contributed by atoms with E-state index in [2.05, 4.69) is 41.5 Å². The molecule has 0 unspecified atom stereocenters. The fourth-order valence-corrected chi connectivity index (χ4v) is 2.49. The van der Waals surface area contributed by atoms with Crippen LogP contribution in [0.2, 0.25) is 0 Å². The molecule has 0 radical (unpaired) electrons. The van der Waals surface area contributed by atoms with Crippen molar-refractivity contribution >= 4 is 17.5 Å². The van der Waals surface area contributed by atoms with E-state index in [1.165, 1.54) is 5.56 Å². The maximum Gasteiger partial charge on any atom is 0.220 e. The highest BCUT2D eigenvalue weighted by molar-refractivity contribution is 6.17. The molecular formula is C17H22ClN3O. The Morgan fingerprint density at radius 1 is 1.36 bits per heavy atom. The summed E-state index contributed by atoms with van der Waals surface area (Å²) in [5.41, 5.74) is 3.22. The average molecular weight is 320 g/mol. The standard InChI is InChI=1S/C17H22ClN3O/c1-12-6-8-14(9-7-12)15-11-21(3)17(20-15)13(2)19-16(22)5-4-10-18/h6-9,11,13H,4-5,10H2,1-3H3,(H,19,22)/t13-/m1/s1. The number of aromatic nitrogens is 2. The molecule has 0 spiro atoms. The molecule has 1 amide bonds. The third-order valence-corrected chi connectivity index (χ3v) is 3.83. The number of rotatable bonds is 6. The van der Waals surface area contributed by atoms with E-state index in [0.29, 0.717) is 18.7 Å². The highest BCUT2D eigenvalue weighted by Crippen LogP contribution is 2.21. The van der Waals surface area contributed by atoms with Gasteiger partial charge in [0.2, 0.25) is 5.91 Å². The van der Waals surface area contributed by atoms with Crippen LogP contribution >= 0.6 is 11.6 Å². The maximum absolute atomic E-state index is 11.8. The van der Waals surface area contributed by atoms with Gasteiger partial charge in [-0.2, -0.15) is 0 Å². The highest BCUT2D eigenvalue weighted by Gasteiger charge is 2.15. The molecule has 1 heterocycles. The van der Waals surface area contributed by atoms with Gasteiger partial charge in [-0.1, -0.05) is 29.8 Å². The third kappa shape index (κ3) is 4.10. The molecule has 2 rings (SSSR count). The zero-order chi connectivity index (χ0) is 16.1. The van der Waals surface area contributed by atoms with E-state index in [-0.39, 0.29) is 11.9 Å². The van der Waals surface area contributed by atoms with Crippen LogP contribution in [0.5, 0.6) is 0 Å². The predicted octanol–water partition coefficient (Wildman–Crippen LogP) is 3.59. The number of halogens is 1. The first-order valence-electron chi connectivity index (χ1n) is 7.47. The highest BCUT2D eigenvalue weighted by atomic mass is 35.5. The minimum atomic E-state index is -0.132. The summed E-state index contributed by atoms with van der Waals surface area (Å²) in [6.07, 6.45) is 3.12. The Morgan fingerprint density at radius 3 is 2.68 bits per heavy atom. The zero-order valence-electron chi connectivity index (χ0n) is 13.3. The Bertz CT molecular complexity index is 634. The van der Waals surface area contributed by atoms with Crippen LogP contribution in [0.3, 0.4) is 0 Å². The number of amides is 1. The van der Waals surface area contributed by atoms with Gasteiger partial charge in [0.25, 0.3) is 0 Å². The van der Waals surface area contributed by atoms with Gasteiger partial charge >= 0.3 is 0 Å². The van der Waals surface area contributed by atoms with E-state index in [4.69, 9.17) is 11.6 Å². The van der Waals surface area contributed by atoms with Crippen LogP contribution in [-0.2, 0) is 11.8 Å². The van der Waals surface area contributed by atoms with Gasteiger partial charge in [0.1, 0.15) is 5.82 Å². The Labute approximate surface area is 136 Å². The van der Waals surface area contributed by atoms with Crippen molar-refractivity contribution in [3.63, 3.8) is 0 Å². The summed E-state index contributed by atoms with van der Waals surface area (Å²) in [7, 11) is 1.95. The minimum absolute atomic E-state index is 0.00744. The van der Waals surface area contributed by atoms with Crippen LogP contribution in [0, 0.1) is 6.92 Å². The van der Waals surface area contributed by atoms with Gasteiger partial charge in [-0.05, 0) is 20.3 Å². The lowest BCUT2D eigenvalue weighted by molar-refractivity contribution is -0.121. The summed E-state index contributed by atoms with van der Waals surface area (Å²) in [4.78, 5) is 16.5. The second-order valence-corrected chi connectivity index (χ2v) is 5.92. The number of aryl methyl sites for hydroxylation is 2. The molecule has 0 aliphatic heterocycles. The molecule has 1 atom stereocenters. The SMILES string of the molecule is Cc1ccc(-c2cn(C)c([C@@H](C)NC(=O)CCCCl)n2)cc1. The molecule has 118 valence electrons. The monoisotopic (exact) mass is 319 g/mol. The van der Waals surface area contributed by atoms with E-state index in [0.717, 1.165) is 17.1 Å². The number of benzene rings is 1. The number of hydrogen-bond acceptors (Lipinski definition) is 2. The number of imidazole rings is 1. The summed E-state index contributed by atoms with van der Waals surface area (Å²) < 4.78 is 1.96. The molecule has 0 saturated carbocycles. The minimum Gasteiger partial charge on any atom is -0.346 e. The van der Waals surface area contributed by atoms with Gasteiger partial charge in [0, 0.05) is 31.1 Å². The molecule has 0 fully saturated rings. The normalized spacial score (nSPS) is 12.2. The van der Waals surface area contributed by atoms with Crippen molar-refractivity contribution in [2.75, 3.05) is 5.88 Å². The predicted molar refractivity (Wildman–Crippen MR) is 89.9 cm³/mol. The van der Waals surface area contributed by atoms with Gasteiger partial charge in [-0.25, -0.2) is 4.98 Å². The van der Waals surface area contributed by atoms with Crippen LogP contribution in [0.1, 0.15) is 37.2 Å². The Hall–Kier alpha value is -1.81. The first kappa shape index (κ1) is 16.6. The number of carbonyl (C=O) groups is 1. The first-order chi connectivity index (χ1) is 10.5. The first-order valence-corrected chi connectivity index (χ1v) is 8.00. The van der Waals surface area contributed by atoms with Crippen molar-refractivity contribution in [3.8, 4) is 11.3 Å². The fraction of sp³-hybridized carbons (Fsp3) is 0.412. The number of alkyl halides is 1. The van der Waals surface area contributed by atoms with Crippen molar-refractivity contribution in [2.45, 2.75) is 32.7 Å². The van der Waals surface area contributed by atoms with Gasteiger partial charge < -0.3 is 9.88 Å². The molecule has 22 heavy (non-hydrogen) atoms.